The van der Waals surface area contributed by atoms with E-state index in [1.807, 2.05) is 0 Å². The molecule has 0 amide bonds. The summed E-state index contributed by atoms with van der Waals surface area (Å²) in [4.78, 5) is 11.6. The third kappa shape index (κ3) is 2.16. The second-order valence-corrected chi connectivity index (χ2v) is 7.85. The van der Waals surface area contributed by atoms with Gasteiger partial charge in [0, 0.05) is 25.7 Å². The number of aromatic nitrogens is 5. The van der Waals surface area contributed by atoms with E-state index in [1.165, 1.54) is 13.6 Å². The normalized spacial score (nSPS) is 18.7. The van der Waals surface area contributed by atoms with E-state index in [0.29, 0.717) is 17.4 Å². The minimum atomic E-state index is -3.66. The van der Waals surface area contributed by atoms with Gasteiger partial charge in [-0.2, -0.15) is 14.5 Å². The van der Waals surface area contributed by atoms with Crippen LogP contribution in [-0.2, 0) is 43.0 Å². The zero-order chi connectivity index (χ0) is 16.2. The number of H-pyrrole nitrogens is 1. The van der Waals surface area contributed by atoms with Crippen molar-refractivity contribution in [3.8, 4) is 0 Å². The van der Waals surface area contributed by atoms with Gasteiger partial charge >= 0.3 is 5.69 Å². The van der Waals surface area contributed by atoms with E-state index in [2.05, 4.69) is 15.3 Å². The van der Waals surface area contributed by atoms with Crippen LogP contribution in [0.4, 0.5) is 0 Å². The zero-order valence-corrected chi connectivity index (χ0v) is 13.6. The average molecular weight is 338 g/mol. The average Bonchev–Trinajstić information content (AvgIpc) is 3.06. The fourth-order valence-corrected chi connectivity index (χ4v) is 5.21. The number of rotatable bonds is 2. The van der Waals surface area contributed by atoms with Crippen molar-refractivity contribution >= 4 is 10.0 Å². The fourth-order valence-electron chi connectivity index (χ4n) is 3.45. The maximum Gasteiger partial charge on any atom is 0.343 e. The zero-order valence-electron chi connectivity index (χ0n) is 12.8. The second kappa shape index (κ2) is 5.03. The lowest BCUT2D eigenvalue weighted by molar-refractivity contribution is 0.329. The number of hydrogen-bond acceptors (Lipinski definition) is 5. The highest BCUT2D eigenvalue weighted by Gasteiger charge is 2.35. The predicted octanol–water partition coefficient (Wildman–Crippen LogP) is -0.612. The van der Waals surface area contributed by atoms with Gasteiger partial charge in [-0.3, -0.25) is 9.25 Å². The van der Waals surface area contributed by atoms with E-state index in [0.717, 1.165) is 36.9 Å². The Morgan fingerprint density at radius 2 is 1.96 bits per heavy atom. The number of sulfonamides is 1. The van der Waals surface area contributed by atoms with Gasteiger partial charge in [0.15, 0.2) is 5.03 Å². The summed E-state index contributed by atoms with van der Waals surface area (Å²) in [5.41, 5.74) is 1.45. The maximum absolute atomic E-state index is 13.1. The summed E-state index contributed by atoms with van der Waals surface area (Å²) < 4.78 is 30.5. The van der Waals surface area contributed by atoms with Crippen LogP contribution in [0.5, 0.6) is 0 Å². The lowest BCUT2D eigenvalue weighted by Gasteiger charge is -2.26. The SMILES string of the molecule is Cn1nc2c(c1S(=O)(=O)N1CCn3c(n[nH]c3=O)C1)CCCC2. The van der Waals surface area contributed by atoms with Crippen LogP contribution in [0.2, 0.25) is 0 Å². The molecule has 0 spiro atoms. The first kappa shape index (κ1) is 14.6. The fraction of sp³-hybridized carbons (Fsp3) is 0.615. The molecule has 10 heteroatoms. The van der Waals surface area contributed by atoms with Crippen LogP contribution in [-0.4, -0.2) is 43.8 Å². The summed E-state index contributed by atoms with van der Waals surface area (Å²) >= 11 is 0. The van der Waals surface area contributed by atoms with Crippen LogP contribution >= 0.6 is 0 Å². The van der Waals surface area contributed by atoms with Crippen LogP contribution in [0.1, 0.15) is 29.9 Å². The Kier molecular flexibility index (Phi) is 3.20. The molecule has 2 aromatic rings. The Morgan fingerprint density at radius 3 is 2.78 bits per heavy atom. The molecule has 2 aliphatic rings. The summed E-state index contributed by atoms with van der Waals surface area (Å²) in [6.45, 7) is 0.666. The number of nitrogens with one attached hydrogen (secondary N) is 1. The largest absolute Gasteiger partial charge is 0.343 e. The molecule has 0 saturated heterocycles. The van der Waals surface area contributed by atoms with Crippen molar-refractivity contribution in [3.05, 3.63) is 27.6 Å². The Bertz CT molecular complexity index is 922. The molecule has 0 radical (unpaired) electrons. The van der Waals surface area contributed by atoms with E-state index >= 15 is 0 Å². The molecular weight excluding hydrogens is 320 g/mol. The van der Waals surface area contributed by atoms with E-state index in [9.17, 15) is 13.2 Å². The number of aromatic amines is 1. The van der Waals surface area contributed by atoms with Crippen LogP contribution in [0.3, 0.4) is 0 Å². The smallest absolute Gasteiger partial charge is 0.277 e. The molecule has 9 nitrogen and oxygen atoms in total. The molecule has 124 valence electrons. The molecule has 0 saturated carbocycles. The molecule has 0 bridgehead atoms. The van der Waals surface area contributed by atoms with Crippen molar-refractivity contribution in [2.24, 2.45) is 7.05 Å². The van der Waals surface area contributed by atoms with Crippen molar-refractivity contribution in [2.75, 3.05) is 6.54 Å². The lowest BCUT2D eigenvalue weighted by atomic mass is 9.99. The van der Waals surface area contributed by atoms with Gasteiger partial charge in [0.2, 0.25) is 0 Å². The van der Waals surface area contributed by atoms with Gasteiger partial charge < -0.3 is 0 Å². The molecule has 23 heavy (non-hydrogen) atoms. The summed E-state index contributed by atoms with van der Waals surface area (Å²) in [6.07, 6.45) is 3.61. The number of nitrogens with zero attached hydrogens (tertiary/aromatic N) is 5. The minimum Gasteiger partial charge on any atom is -0.277 e. The summed E-state index contributed by atoms with van der Waals surface area (Å²) in [7, 11) is -1.98. The van der Waals surface area contributed by atoms with E-state index in [1.54, 1.807) is 7.05 Å². The molecule has 1 aliphatic heterocycles. The first-order valence-corrected chi connectivity index (χ1v) is 9.11. The molecular formula is C13H18N6O3S. The Balaban J connectivity index is 1.75. The van der Waals surface area contributed by atoms with Crippen LogP contribution in [0, 0.1) is 0 Å². The molecule has 1 aliphatic carbocycles. The lowest BCUT2D eigenvalue weighted by Crippen LogP contribution is -2.41. The van der Waals surface area contributed by atoms with Gasteiger partial charge in [-0.25, -0.2) is 18.3 Å². The number of aryl methyl sites for hydroxylation is 2. The third-order valence-electron chi connectivity index (χ3n) is 4.57. The number of fused-ring (bicyclic) bond motifs is 2. The summed E-state index contributed by atoms with van der Waals surface area (Å²) in [6, 6.07) is 0. The van der Waals surface area contributed by atoms with Gasteiger partial charge in [0.05, 0.1) is 12.2 Å². The molecule has 0 unspecified atom stereocenters. The van der Waals surface area contributed by atoms with Crippen LogP contribution < -0.4 is 5.69 Å². The van der Waals surface area contributed by atoms with Crippen molar-refractivity contribution in [1.29, 1.82) is 0 Å². The van der Waals surface area contributed by atoms with Crippen molar-refractivity contribution in [3.63, 3.8) is 0 Å². The Labute approximate surface area is 133 Å². The molecule has 4 rings (SSSR count). The van der Waals surface area contributed by atoms with Gasteiger partial charge in [0.25, 0.3) is 10.0 Å². The standard InChI is InChI=1S/C13H18N6O3S/c1-17-12(9-4-2-3-5-10(9)16-17)23(21,22)18-6-7-19-11(8-18)14-15-13(19)20/h2-8H2,1H3,(H,15,20). The number of hydrogen-bond donors (Lipinski definition) is 1. The summed E-state index contributed by atoms with van der Waals surface area (Å²) in [5.74, 6) is 0.445. The van der Waals surface area contributed by atoms with Crippen LogP contribution in [0.25, 0.3) is 0 Å². The predicted molar refractivity (Wildman–Crippen MR) is 80.3 cm³/mol. The Hall–Kier alpha value is -1.94. The van der Waals surface area contributed by atoms with Crippen LogP contribution in [0.15, 0.2) is 9.82 Å². The van der Waals surface area contributed by atoms with Crippen molar-refractivity contribution in [1.82, 2.24) is 28.9 Å². The minimum absolute atomic E-state index is 0.0982. The van der Waals surface area contributed by atoms with Gasteiger partial charge in [0.1, 0.15) is 5.82 Å². The highest BCUT2D eigenvalue weighted by Crippen LogP contribution is 2.29. The van der Waals surface area contributed by atoms with Gasteiger partial charge in [-0.15, -0.1) is 0 Å². The second-order valence-electron chi connectivity index (χ2n) is 6.00. The third-order valence-corrected chi connectivity index (χ3v) is 6.56. The van der Waals surface area contributed by atoms with Crippen molar-refractivity contribution in [2.45, 2.75) is 43.8 Å². The first-order valence-electron chi connectivity index (χ1n) is 7.67. The first-order chi connectivity index (χ1) is 11.0. The molecule has 2 aromatic heterocycles. The molecule has 3 heterocycles. The van der Waals surface area contributed by atoms with E-state index in [4.69, 9.17) is 0 Å². The van der Waals surface area contributed by atoms with E-state index in [-0.39, 0.29) is 18.8 Å². The molecule has 0 aromatic carbocycles. The highest BCUT2D eigenvalue weighted by atomic mass is 32.2. The van der Waals surface area contributed by atoms with Gasteiger partial charge in [-0.1, -0.05) is 0 Å². The highest BCUT2D eigenvalue weighted by molar-refractivity contribution is 7.89. The maximum atomic E-state index is 13.1. The molecule has 0 atom stereocenters. The van der Waals surface area contributed by atoms with Crippen molar-refractivity contribution < 1.29 is 8.42 Å². The summed E-state index contributed by atoms with van der Waals surface area (Å²) in [5, 5.41) is 11.0. The van der Waals surface area contributed by atoms with E-state index < -0.39 is 10.0 Å². The molecule has 1 N–H and O–H groups in total. The molecule has 0 fully saturated rings. The topological polar surface area (TPSA) is 106 Å². The quantitative estimate of drug-likeness (QED) is 0.786. The Morgan fingerprint density at radius 1 is 1.17 bits per heavy atom. The van der Waals surface area contributed by atoms with Gasteiger partial charge in [-0.05, 0) is 25.7 Å². The monoisotopic (exact) mass is 338 g/mol.